The molecule has 0 unspecified atom stereocenters. The van der Waals surface area contributed by atoms with Crippen molar-refractivity contribution in [3.8, 4) is 0 Å². The van der Waals surface area contributed by atoms with E-state index < -0.39 is 0 Å². The van der Waals surface area contributed by atoms with Crippen molar-refractivity contribution in [3.63, 3.8) is 0 Å². The predicted molar refractivity (Wildman–Crippen MR) is 83.1 cm³/mol. The van der Waals surface area contributed by atoms with Crippen LogP contribution in [0.3, 0.4) is 0 Å². The first-order valence-electron chi connectivity index (χ1n) is 7.38. The minimum atomic E-state index is 0.495. The molecule has 19 heavy (non-hydrogen) atoms. The van der Waals surface area contributed by atoms with Crippen LogP contribution in [0, 0.1) is 0 Å². The third-order valence-electron chi connectivity index (χ3n) is 4.11. The van der Waals surface area contributed by atoms with E-state index >= 15 is 0 Å². The van der Waals surface area contributed by atoms with Crippen molar-refractivity contribution >= 4 is 17.7 Å². The van der Waals surface area contributed by atoms with Gasteiger partial charge in [0.25, 0.3) is 0 Å². The van der Waals surface area contributed by atoms with Crippen LogP contribution in [0.15, 0.2) is 4.99 Å². The molecule has 1 spiro atoms. The highest BCUT2D eigenvalue weighted by Crippen LogP contribution is 2.42. The lowest BCUT2D eigenvalue weighted by molar-refractivity contribution is 0.202. The number of rotatable bonds is 3. The van der Waals surface area contributed by atoms with Gasteiger partial charge >= 0.3 is 0 Å². The molecule has 1 saturated heterocycles. The molecule has 1 N–H and O–H groups in total. The average Bonchev–Trinajstić information content (AvgIpc) is 2.44. The number of nitrogens with one attached hydrogen (secondary N) is 1. The van der Waals surface area contributed by atoms with E-state index in [9.17, 15) is 0 Å². The zero-order valence-electron chi connectivity index (χ0n) is 12.3. The molecule has 4 nitrogen and oxygen atoms in total. The molecule has 2 rings (SSSR count). The smallest absolute Gasteiger partial charge is 0.193 e. The minimum Gasteiger partial charge on any atom is -0.383 e. The Morgan fingerprint density at radius 2 is 2.16 bits per heavy atom. The number of thioether (sulfide) groups is 1. The zero-order valence-corrected chi connectivity index (χ0v) is 13.1. The molecule has 0 aromatic heterocycles. The molecule has 2 fully saturated rings. The minimum absolute atomic E-state index is 0.495. The first-order chi connectivity index (χ1) is 9.29. The van der Waals surface area contributed by atoms with Gasteiger partial charge in [0.05, 0.1) is 6.61 Å². The lowest BCUT2D eigenvalue weighted by Crippen LogP contribution is -2.53. The highest BCUT2D eigenvalue weighted by atomic mass is 32.2. The van der Waals surface area contributed by atoms with E-state index in [1.165, 1.54) is 37.9 Å². The normalized spacial score (nSPS) is 23.7. The summed E-state index contributed by atoms with van der Waals surface area (Å²) >= 11 is 2.20. The van der Waals surface area contributed by atoms with E-state index in [1.54, 1.807) is 7.11 Å². The highest BCUT2D eigenvalue weighted by Gasteiger charge is 2.38. The molecule has 0 aromatic carbocycles. The predicted octanol–water partition coefficient (Wildman–Crippen LogP) is 1.96. The number of guanidine groups is 1. The lowest BCUT2D eigenvalue weighted by atomic mass is 9.87. The van der Waals surface area contributed by atoms with E-state index in [1.807, 2.05) is 7.05 Å². The fraction of sp³-hybridized carbons (Fsp3) is 0.929. The van der Waals surface area contributed by atoms with Crippen LogP contribution < -0.4 is 5.32 Å². The van der Waals surface area contributed by atoms with Gasteiger partial charge in [-0.05, 0) is 12.8 Å². The van der Waals surface area contributed by atoms with Gasteiger partial charge in [0.1, 0.15) is 0 Å². The van der Waals surface area contributed by atoms with Crippen molar-refractivity contribution in [1.29, 1.82) is 0 Å². The van der Waals surface area contributed by atoms with E-state index in [-0.39, 0.29) is 0 Å². The van der Waals surface area contributed by atoms with E-state index in [0.29, 0.717) is 4.75 Å². The zero-order chi connectivity index (χ0) is 13.6. The number of nitrogens with zero attached hydrogens (tertiary/aromatic N) is 2. The van der Waals surface area contributed by atoms with Crippen LogP contribution in [-0.2, 0) is 4.74 Å². The van der Waals surface area contributed by atoms with Crippen molar-refractivity contribution in [3.05, 3.63) is 0 Å². The summed E-state index contributed by atoms with van der Waals surface area (Å²) in [6.45, 7) is 3.83. The van der Waals surface area contributed by atoms with Crippen molar-refractivity contribution in [1.82, 2.24) is 10.2 Å². The molecule has 2 aliphatic rings. The molecule has 0 aromatic rings. The van der Waals surface area contributed by atoms with Crippen molar-refractivity contribution in [2.24, 2.45) is 4.99 Å². The van der Waals surface area contributed by atoms with Gasteiger partial charge in [0, 0.05) is 44.3 Å². The molecule has 1 aliphatic carbocycles. The average molecular weight is 285 g/mol. The molecule has 1 heterocycles. The molecule has 0 amide bonds. The number of hydrogen-bond acceptors (Lipinski definition) is 3. The van der Waals surface area contributed by atoms with Crippen LogP contribution in [0.4, 0.5) is 0 Å². The molecule has 0 radical (unpaired) electrons. The van der Waals surface area contributed by atoms with Crippen LogP contribution in [0.5, 0.6) is 0 Å². The molecule has 1 saturated carbocycles. The second-order valence-electron chi connectivity index (χ2n) is 5.48. The van der Waals surface area contributed by atoms with E-state index in [4.69, 9.17) is 4.74 Å². The summed E-state index contributed by atoms with van der Waals surface area (Å²) in [6, 6.07) is 0. The highest BCUT2D eigenvalue weighted by molar-refractivity contribution is 8.00. The number of methoxy groups -OCH3 is 1. The van der Waals surface area contributed by atoms with Crippen LogP contribution >= 0.6 is 11.8 Å². The summed E-state index contributed by atoms with van der Waals surface area (Å²) in [6.07, 6.45) is 6.97. The van der Waals surface area contributed by atoms with Crippen LogP contribution in [0.2, 0.25) is 0 Å². The lowest BCUT2D eigenvalue weighted by Gasteiger charge is -2.45. The maximum absolute atomic E-state index is 5.09. The van der Waals surface area contributed by atoms with Gasteiger partial charge in [-0.2, -0.15) is 11.8 Å². The Morgan fingerprint density at radius 1 is 1.37 bits per heavy atom. The molecular weight excluding hydrogens is 258 g/mol. The van der Waals surface area contributed by atoms with Gasteiger partial charge in [-0.15, -0.1) is 0 Å². The van der Waals surface area contributed by atoms with Crippen LogP contribution in [-0.4, -0.2) is 61.8 Å². The molecule has 5 heteroatoms. The van der Waals surface area contributed by atoms with Gasteiger partial charge in [0.2, 0.25) is 0 Å². The molecule has 110 valence electrons. The third kappa shape index (κ3) is 4.02. The van der Waals surface area contributed by atoms with Gasteiger partial charge in [0.15, 0.2) is 5.96 Å². The van der Waals surface area contributed by atoms with E-state index in [2.05, 4.69) is 27.0 Å². The molecular formula is C14H27N3OS. The van der Waals surface area contributed by atoms with Crippen LogP contribution in [0.1, 0.15) is 32.1 Å². The second kappa shape index (κ2) is 7.39. The first-order valence-corrected chi connectivity index (χ1v) is 8.37. The summed E-state index contributed by atoms with van der Waals surface area (Å²) in [7, 11) is 3.61. The monoisotopic (exact) mass is 285 g/mol. The number of ether oxygens (including phenoxy) is 1. The summed E-state index contributed by atoms with van der Waals surface area (Å²) in [5.74, 6) is 2.27. The van der Waals surface area contributed by atoms with Gasteiger partial charge in [-0.25, -0.2) is 0 Å². The Kier molecular flexibility index (Phi) is 5.82. The van der Waals surface area contributed by atoms with Gasteiger partial charge < -0.3 is 15.0 Å². The van der Waals surface area contributed by atoms with Gasteiger partial charge in [-0.1, -0.05) is 19.3 Å². The largest absolute Gasteiger partial charge is 0.383 e. The molecule has 0 bridgehead atoms. The summed E-state index contributed by atoms with van der Waals surface area (Å²) in [5.41, 5.74) is 0. The Morgan fingerprint density at radius 3 is 2.84 bits per heavy atom. The Balaban J connectivity index is 1.91. The standard InChI is InChI=1S/C14H27N3OS/c1-15-13(16-8-10-18-2)17-9-11-19-14(12-17)6-4-3-5-7-14/h3-12H2,1-2H3,(H,15,16). The maximum atomic E-state index is 5.09. The number of hydrogen-bond donors (Lipinski definition) is 1. The van der Waals surface area contributed by atoms with Crippen molar-refractivity contribution in [2.45, 2.75) is 36.9 Å². The third-order valence-corrected chi connectivity index (χ3v) is 5.65. The topological polar surface area (TPSA) is 36.9 Å². The van der Waals surface area contributed by atoms with Crippen LogP contribution in [0.25, 0.3) is 0 Å². The van der Waals surface area contributed by atoms with Crippen molar-refractivity contribution < 1.29 is 4.74 Å². The summed E-state index contributed by atoms with van der Waals surface area (Å²) < 4.78 is 5.59. The fourth-order valence-electron chi connectivity index (χ4n) is 3.12. The Hall–Kier alpha value is -0.420. The molecule has 0 atom stereocenters. The fourth-order valence-corrected chi connectivity index (χ4v) is 4.69. The van der Waals surface area contributed by atoms with E-state index in [0.717, 1.165) is 32.2 Å². The van der Waals surface area contributed by atoms with Gasteiger partial charge in [-0.3, -0.25) is 4.99 Å². The molecule has 1 aliphatic heterocycles. The number of aliphatic imine (C=N–C) groups is 1. The Bertz CT molecular complexity index is 298. The SMILES string of the molecule is CN=C(NCCOC)N1CCSC2(CCCCC2)C1. The first kappa shape index (κ1) is 15.0. The summed E-state index contributed by atoms with van der Waals surface area (Å²) in [4.78, 5) is 6.87. The Labute approximate surface area is 121 Å². The van der Waals surface area contributed by atoms with Crippen molar-refractivity contribution in [2.75, 3.05) is 46.2 Å². The second-order valence-corrected chi connectivity index (χ2v) is 7.04. The summed E-state index contributed by atoms with van der Waals surface area (Å²) in [5, 5.41) is 3.40. The quantitative estimate of drug-likeness (QED) is 0.489. The maximum Gasteiger partial charge on any atom is 0.193 e.